The first-order chi connectivity index (χ1) is 24.3. The number of aliphatic hydroxyl groups excluding tert-OH is 1. The number of amides is 1. The van der Waals surface area contributed by atoms with Gasteiger partial charge in [0.05, 0.1) is 17.9 Å². The number of rotatable bonds is 34. The van der Waals surface area contributed by atoms with Gasteiger partial charge in [0.15, 0.2) is 0 Å². The molecule has 0 aliphatic heterocycles. The van der Waals surface area contributed by atoms with Gasteiger partial charge in [-0.3, -0.25) is 9.35 Å². The molecule has 0 aromatic heterocycles. The molecule has 1 amide bonds. The molecule has 6 nitrogen and oxygen atoms in total. The van der Waals surface area contributed by atoms with Crippen molar-refractivity contribution < 1.29 is 22.9 Å². The summed E-state index contributed by atoms with van der Waals surface area (Å²) in [6.45, 7) is 4.40. The molecule has 0 rings (SSSR count). The summed E-state index contributed by atoms with van der Waals surface area (Å²) in [6.07, 6.45) is 52.9. The Morgan fingerprint density at radius 3 is 1.38 bits per heavy atom. The van der Waals surface area contributed by atoms with Crippen LogP contribution in [-0.2, 0) is 14.9 Å². The first-order valence-corrected chi connectivity index (χ1v) is 21.4. The Balaban J connectivity index is 4.12. The summed E-state index contributed by atoms with van der Waals surface area (Å²) in [4.78, 5) is 12.5. The minimum absolute atomic E-state index is 0.166. The Hall–Kier alpha value is -2.48. The van der Waals surface area contributed by atoms with Crippen LogP contribution in [0, 0.1) is 0 Å². The summed E-state index contributed by atoms with van der Waals surface area (Å²) in [5, 5.41) is 13.2. The highest BCUT2D eigenvalue weighted by Gasteiger charge is 2.24. The van der Waals surface area contributed by atoms with E-state index in [1.54, 1.807) is 0 Å². The number of carbonyl (C=O) groups is 1. The van der Waals surface area contributed by atoms with Gasteiger partial charge in [-0.1, -0.05) is 182 Å². The molecule has 2 unspecified atom stereocenters. The fourth-order valence-electron chi connectivity index (χ4n) is 5.41. The Morgan fingerprint density at radius 2 is 0.960 bits per heavy atom. The van der Waals surface area contributed by atoms with Crippen LogP contribution < -0.4 is 5.32 Å². The van der Waals surface area contributed by atoms with E-state index in [9.17, 15) is 22.9 Å². The lowest BCUT2D eigenvalue weighted by Crippen LogP contribution is -2.46. The van der Waals surface area contributed by atoms with Crippen molar-refractivity contribution in [1.29, 1.82) is 0 Å². The molecule has 0 fully saturated rings. The summed E-state index contributed by atoms with van der Waals surface area (Å²) in [6, 6.07) is -1.10. The molecule has 0 spiro atoms. The quantitative estimate of drug-likeness (QED) is 0.0349. The van der Waals surface area contributed by atoms with E-state index in [1.807, 2.05) is 18.2 Å². The fraction of sp³-hybridized carbons (Fsp3) is 0.651. The van der Waals surface area contributed by atoms with Gasteiger partial charge in [-0.25, -0.2) is 0 Å². The number of hydrogen-bond donors (Lipinski definition) is 3. The van der Waals surface area contributed by atoms with Crippen molar-refractivity contribution in [2.75, 3.05) is 5.75 Å². The molecule has 2 atom stereocenters. The van der Waals surface area contributed by atoms with E-state index in [4.69, 9.17) is 0 Å². The molecule has 286 valence electrons. The molecule has 3 N–H and O–H groups in total. The minimum atomic E-state index is -4.37. The Labute approximate surface area is 307 Å². The number of hydrogen-bond acceptors (Lipinski definition) is 4. The topological polar surface area (TPSA) is 104 Å². The van der Waals surface area contributed by atoms with Crippen LogP contribution >= 0.6 is 0 Å². The molecule has 0 saturated heterocycles. The van der Waals surface area contributed by atoms with Crippen molar-refractivity contribution in [1.82, 2.24) is 5.32 Å². The predicted molar refractivity (Wildman–Crippen MR) is 216 cm³/mol. The summed E-state index contributed by atoms with van der Waals surface area (Å²) >= 11 is 0. The Morgan fingerprint density at radius 1 is 0.560 bits per heavy atom. The van der Waals surface area contributed by atoms with Crippen LogP contribution in [0.1, 0.15) is 162 Å². The molecule has 0 saturated carbocycles. The molecule has 0 bridgehead atoms. The van der Waals surface area contributed by atoms with Gasteiger partial charge >= 0.3 is 0 Å². The highest BCUT2D eigenvalue weighted by molar-refractivity contribution is 7.85. The van der Waals surface area contributed by atoms with Gasteiger partial charge in [0.2, 0.25) is 5.91 Å². The van der Waals surface area contributed by atoms with Crippen LogP contribution in [0.15, 0.2) is 85.1 Å². The van der Waals surface area contributed by atoms with E-state index in [0.29, 0.717) is 6.42 Å². The second-order valence-corrected chi connectivity index (χ2v) is 14.7. The Kier molecular flexibility index (Phi) is 34.5. The zero-order valence-corrected chi connectivity index (χ0v) is 32.6. The standard InChI is InChI=1S/C43H73NO5S/c1-3-5-7-9-11-13-15-17-19-21-22-23-25-27-29-31-33-35-37-39-43(46)44-41(40-50(47,48)49)42(45)38-36-34-32-30-28-26-24-20-18-16-14-12-10-8-6-4-2/h5,7,11,13,17,19,22-23,27,29,33,35-36,38,41-42,45H,3-4,6,8-10,12,14-16,18,20-21,24-26,28,30-32,34,37,39-40H2,1-2H3,(H,44,46)(H,47,48,49)/b7-5-,13-11-,19-17-,23-22-,29-27-,35-33-,38-36+. The van der Waals surface area contributed by atoms with E-state index >= 15 is 0 Å². The van der Waals surface area contributed by atoms with Crippen molar-refractivity contribution in [2.45, 2.75) is 174 Å². The number of carbonyl (C=O) groups excluding carboxylic acids is 1. The van der Waals surface area contributed by atoms with Crippen molar-refractivity contribution in [3.8, 4) is 0 Å². The summed E-state index contributed by atoms with van der Waals surface area (Å²) in [5.74, 6) is -1.10. The van der Waals surface area contributed by atoms with E-state index in [-0.39, 0.29) is 12.3 Å². The summed E-state index contributed by atoms with van der Waals surface area (Å²) in [7, 11) is -4.37. The highest BCUT2D eigenvalue weighted by Crippen LogP contribution is 2.14. The van der Waals surface area contributed by atoms with Crippen LogP contribution in [0.5, 0.6) is 0 Å². The zero-order valence-electron chi connectivity index (χ0n) is 31.7. The maximum absolute atomic E-state index is 12.5. The Bertz CT molecular complexity index is 1100. The van der Waals surface area contributed by atoms with Gasteiger partial charge in [-0.15, -0.1) is 0 Å². The lowest BCUT2D eigenvalue weighted by Gasteiger charge is -2.20. The van der Waals surface area contributed by atoms with E-state index in [0.717, 1.165) is 57.8 Å². The molecule has 0 heterocycles. The van der Waals surface area contributed by atoms with Gasteiger partial charge in [0.1, 0.15) is 0 Å². The lowest BCUT2D eigenvalue weighted by atomic mass is 10.0. The second kappa shape index (κ2) is 36.3. The maximum atomic E-state index is 12.5. The molecule has 0 radical (unpaired) electrons. The molecular weight excluding hydrogens is 643 g/mol. The van der Waals surface area contributed by atoms with E-state index in [2.05, 4.69) is 79.9 Å². The zero-order chi connectivity index (χ0) is 36.8. The smallest absolute Gasteiger partial charge is 0.267 e. The summed E-state index contributed by atoms with van der Waals surface area (Å²) in [5.41, 5.74) is 0. The molecule has 50 heavy (non-hydrogen) atoms. The second-order valence-electron chi connectivity index (χ2n) is 13.2. The van der Waals surface area contributed by atoms with Crippen LogP contribution in [0.3, 0.4) is 0 Å². The molecular formula is C43H73NO5S. The van der Waals surface area contributed by atoms with Gasteiger partial charge in [0.25, 0.3) is 10.1 Å². The third-order valence-electron chi connectivity index (χ3n) is 8.34. The normalized spacial score (nSPS) is 14.2. The first-order valence-electron chi connectivity index (χ1n) is 19.8. The predicted octanol–water partition coefficient (Wildman–Crippen LogP) is 11.6. The average Bonchev–Trinajstić information content (AvgIpc) is 3.08. The fourth-order valence-corrected chi connectivity index (χ4v) is 6.15. The molecule has 0 aromatic rings. The van der Waals surface area contributed by atoms with Gasteiger partial charge < -0.3 is 10.4 Å². The first kappa shape index (κ1) is 47.5. The third kappa shape index (κ3) is 36.8. The van der Waals surface area contributed by atoms with E-state index < -0.39 is 28.0 Å². The van der Waals surface area contributed by atoms with Crippen molar-refractivity contribution >= 4 is 16.0 Å². The highest BCUT2D eigenvalue weighted by atomic mass is 32.2. The maximum Gasteiger partial charge on any atom is 0.267 e. The molecule has 0 aliphatic carbocycles. The minimum Gasteiger partial charge on any atom is -0.387 e. The van der Waals surface area contributed by atoms with Crippen molar-refractivity contribution in [2.24, 2.45) is 0 Å². The van der Waals surface area contributed by atoms with Crippen molar-refractivity contribution in [3.63, 3.8) is 0 Å². The van der Waals surface area contributed by atoms with Crippen LogP contribution in [0.2, 0.25) is 0 Å². The van der Waals surface area contributed by atoms with Crippen molar-refractivity contribution in [3.05, 3.63) is 85.1 Å². The third-order valence-corrected chi connectivity index (χ3v) is 9.12. The van der Waals surface area contributed by atoms with Gasteiger partial charge in [0, 0.05) is 6.42 Å². The SMILES string of the molecule is CC/C=C\C/C=C\C/C=C\C/C=C\C/C=C\C/C=C\CCC(=O)NC(CS(=O)(=O)O)C(O)/C=C/CCCCCCCCCCCCCCCC. The monoisotopic (exact) mass is 716 g/mol. The average molecular weight is 716 g/mol. The largest absolute Gasteiger partial charge is 0.387 e. The summed E-state index contributed by atoms with van der Waals surface area (Å²) < 4.78 is 32.4. The number of nitrogens with one attached hydrogen (secondary N) is 1. The number of aliphatic hydroxyl groups is 1. The van der Waals surface area contributed by atoms with Gasteiger partial charge in [-0.2, -0.15) is 8.42 Å². The van der Waals surface area contributed by atoms with Crippen LogP contribution in [0.4, 0.5) is 0 Å². The number of allylic oxidation sites excluding steroid dienone is 13. The number of unbranched alkanes of at least 4 members (excludes halogenated alkanes) is 14. The molecule has 0 aliphatic rings. The van der Waals surface area contributed by atoms with Crippen LogP contribution in [-0.4, -0.2) is 41.9 Å². The molecule has 7 heteroatoms. The molecule has 0 aromatic carbocycles. The van der Waals surface area contributed by atoms with E-state index in [1.165, 1.54) is 83.1 Å². The van der Waals surface area contributed by atoms with Crippen LogP contribution in [0.25, 0.3) is 0 Å². The van der Waals surface area contributed by atoms with Gasteiger partial charge in [-0.05, 0) is 57.8 Å². The lowest BCUT2D eigenvalue weighted by molar-refractivity contribution is -0.122.